The summed E-state index contributed by atoms with van der Waals surface area (Å²) in [6.45, 7) is 0. The summed E-state index contributed by atoms with van der Waals surface area (Å²) < 4.78 is 0. The van der Waals surface area contributed by atoms with Crippen LogP contribution in [0.3, 0.4) is 0 Å². The molecule has 21 heavy (non-hydrogen) atoms. The Bertz CT molecular complexity index is 671. The molecule has 0 radical (unpaired) electrons. The van der Waals surface area contributed by atoms with Gasteiger partial charge in [-0.1, -0.05) is 11.6 Å². The van der Waals surface area contributed by atoms with E-state index in [0.29, 0.717) is 28.4 Å². The van der Waals surface area contributed by atoms with Gasteiger partial charge in [0.25, 0.3) is 5.24 Å². The van der Waals surface area contributed by atoms with Crippen LogP contribution in [0.5, 0.6) is 0 Å². The van der Waals surface area contributed by atoms with E-state index in [0.717, 1.165) is 18.5 Å². The van der Waals surface area contributed by atoms with Crippen molar-refractivity contribution in [3.05, 3.63) is 41.0 Å². The summed E-state index contributed by atoms with van der Waals surface area (Å²) in [5, 5.41) is 6.32. The number of nitrogens with one attached hydrogen (secondary N) is 2. The molecule has 1 aliphatic rings. The van der Waals surface area contributed by atoms with Crippen molar-refractivity contribution in [3.8, 4) is 0 Å². The van der Waals surface area contributed by atoms with E-state index >= 15 is 0 Å². The third kappa shape index (κ3) is 3.62. The Labute approximate surface area is 131 Å². The highest BCUT2D eigenvalue weighted by atomic mass is 35.5. The molecule has 7 heteroatoms. The van der Waals surface area contributed by atoms with Crippen LogP contribution in [-0.2, 0) is 0 Å². The van der Waals surface area contributed by atoms with Gasteiger partial charge in [-0.15, -0.1) is 0 Å². The van der Waals surface area contributed by atoms with Crippen molar-refractivity contribution in [2.24, 2.45) is 0 Å². The predicted octanol–water partition coefficient (Wildman–Crippen LogP) is 3.83. The summed E-state index contributed by atoms with van der Waals surface area (Å²) in [5.74, 6) is 1.07. The number of benzene rings is 1. The molecule has 0 atom stereocenters. The molecule has 1 aromatic carbocycles. The summed E-state index contributed by atoms with van der Waals surface area (Å²) in [6.07, 6.45) is 3.83. The highest BCUT2D eigenvalue weighted by molar-refractivity contribution is 6.67. The molecule has 1 saturated carbocycles. The van der Waals surface area contributed by atoms with Gasteiger partial charge in [0.1, 0.15) is 5.02 Å². The lowest BCUT2D eigenvalue weighted by Gasteiger charge is -2.09. The fourth-order valence-corrected chi connectivity index (χ4v) is 2.03. The molecule has 5 nitrogen and oxygen atoms in total. The molecular weight excluding hydrogens is 311 g/mol. The van der Waals surface area contributed by atoms with Crippen molar-refractivity contribution in [1.29, 1.82) is 0 Å². The van der Waals surface area contributed by atoms with Gasteiger partial charge in [-0.25, -0.2) is 4.98 Å². The largest absolute Gasteiger partial charge is 0.366 e. The zero-order chi connectivity index (χ0) is 14.8. The number of anilines is 3. The van der Waals surface area contributed by atoms with E-state index in [4.69, 9.17) is 23.2 Å². The van der Waals surface area contributed by atoms with E-state index in [-0.39, 0.29) is 0 Å². The monoisotopic (exact) mass is 322 g/mol. The normalized spacial score (nSPS) is 13.8. The van der Waals surface area contributed by atoms with E-state index in [1.165, 1.54) is 0 Å². The van der Waals surface area contributed by atoms with Crippen LogP contribution in [0.15, 0.2) is 30.5 Å². The summed E-state index contributed by atoms with van der Waals surface area (Å²) in [4.78, 5) is 19.5. The molecule has 0 saturated heterocycles. The molecule has 1 fully saturated rings. The Morgan fingerprint density at radius 2 is 1.95 bits per heavy atom. The molecule has 0 bridgehead atoms. The Kier molecular flexibility index (Phi) is 3.94. The molecule has 1 heterocycles. The van der Waals surface area contributed by atoms with Crippen LogP contribution in [0.4, 0.5) is 17.5 Å². The molecule has 0 spiro atoms. The first kappa shape index (κ1) is 14.1. The van der Waals surface area contributed by atoms with E-state index < -0.39 is 5.24 Å². The maximum atomic E-state index is 11.0. The van der Waals surface area contributed by atoms with Gasteiger partial charge in [0, 0.05) is 17.3 Å². The quantitative estimate of drug-likeness (QED) is 0.819. The Hall–Kier alpha value is -1.85. The van der Waals surface area contributed by atoms with Crippen LogP contribution in [0.2, 0.25) is 5.02 Å². The second-order valence-corrected chi connectivity index (χ2v) is 5.54. The summed E-state index contributed by atoms with van der Waals surface area (Å²) >= 11 is 11.5. The van der Waals surface area contributed by atoms with Gasteiger partial charge in [-0.3, -0.25) is 4.79 Å². The lowest BCUT2D eigenvalue weighted by molar-refractivity contribution is 0.108. The molecule has 0 unspecified atom stereocenters. The first-order valence-corrected chi connectivity index (χ1v) is 7.23. The molecular formula is C14H12Cl2N4O. The van der Waals surface area contributed by atoms with Crippen LogP contribution >= 0.6 is 23.2 Å². The van der Waals surface area contributed by atoms with Gasteiger partial charge in [-0.05, 0) is 48.7 Å². The number of nitrogens with zero attached hydrogens (tertiary/aromatic N) is 2. The molecule has 1 aromatic heterocycles. The van der Waals surface area contributed by atoms with E-state index in [1.807, 2.05) is 0 Å². The van der Waals surface area contributed by atoms with Crippen molar-refractivity contribution in [3.63, 3.8) is 0 Å². The first-order chi connectivity index (χ1) is 10.1. The van der Waals surface area contributed by atoms with E-state index in [1.54, 1.807) is 30.5 Å². The zero-order valence-electron chi connectivity index (χ0n) is 10.9. The van der Waals surface area contributed by atoms with Gasteiger partial charge < -0.3 is 10.6 Å². The zero-order valence-corrected chi connectivity index (χ0v) is 12.4. The topological polar surface area (TPSA) is 66.9 Å². The van der Waals surface area contributed by atoms with Crippen molar-refractivity contribution >= 4 is 45.9 Å². The highest BCUT2D eigenvalue weighted by Gasteiger charge is 2.22. The lowest BCUT2D eigenvalue weighted by atomic mass is 10.2. The number of aromatic nitrogens is 2. The maximum absolute atomic E-state index is 11.0. The lowest BCUT2D eigenvalue weighted by Crippen LogP contribution is -2.06. The molecule has 1 aliphatic carbocycles. The predicted molar refractivity (Wildman–Crippen MR) is 83.6 cm³/mol. The van der Waals surface area contributed by atoms with Gasteiger partial charge in [-0.2, -0.15) is 4.98 Å². The van der Waals surface area contributed by atoms with Gasteiger partial charge >= 0.3 is 0 Å². The summed E-state index contributed by atoms with van der Waals surface area (Å²) in [7, 11) is 0. The molecule has 3 rings (SSSR count). The van der Waals surface area contributed by atoms with Crippen LogP contribution < -0.4 is 10.6 Å². The summed E-state index contributed by atoms with van der Waals surface area (Å²) in [6, 6.07) is 7.20. The smallest absolute Gasteiger partial charge is 0.252 e. The molecule has 0 amide bonds. The van der Waals surface area contributed by atoms with Crippen LogP contribution in [-0.4, -0.2) is 21.3 Å². The second-order valence-electron chi connectivity index (χ2n) is 4.78. The minimum atomic E-state index is -0.486. The van der Waals surface area contributed by atoms with E-state index in [2.05, 4.69) is 20.6 Å². The SMILES string of the molecule is O=C(Cl)c1ccc(Nc2ncc(Cl)c(NC3CC3)n2)cc1. The minimum Gasteiger partial charge on any atom is -0.366 e. The minimum absolute atomic E-state index is 0.438. The van der Waals surface area contributed by atoms with Crippen molar-refractivity contribution in [2.75, 3.05) is 10.6 Å². The first-order valence-electron chi connectivity index (χ1n) is 6.48. The number of rotatable bonds is 5. The number of carbonyl (C=O) groups excluding carboxylic acids is 1. The average molecular weight is 323 g/mol. The fourth-order valence-electron chi connectivity index (χ4n) is 1.76. The maximum Gasteiger partial charge on any atom is 0.252 e. The molecule has 2 N–H and O–H groups in total. The van der Waals surface area contributed by atoms with E-state index in [9.17, 15) is 4.79 Å². The van der Waals surface area contributed by atoms with Crippen molar-refractivity contribution < 1.29 is 4.79 Å². The van der Waals surface area contributed by atoms with Crippen molar-refractivity contribution in [1.82, 2.24) is 9.97 Å². The molecule has 108 valence electrons. The van der Waals surface area contributed by atoms with Gasteiger partial charge in [0.15, 0.2) is 5.82 Å². The summed E-state index contributed by atoms with van der Waals surface area (Å²) in [5.41, 5.74) is 1.20. The standard InChI is InChI=1S/C14H12Cl2N4O/c15-11-7-17-14(20-13(11)18-9-5-6-9)19-10-3-1-8(2-4-10)12(16)21/h1-4,7,9H,5-6H2,(H2,17,18,19,20). The van der Waals surface area contributed by atoms with Gasteiger partial charge in [0.2, 0.25) is 5.95 Å². The second kappa shape index (κ2) is 5.87. The fraction of sp³-hybridized carbons (Fsp3) is 0.214. The highest BCUT2D eigenvalue weighted by Crippen LogP contribution is 2.28. The number of hydrogen-bond acceptors (Lipinski definition) is 5. The van der Waals surface area contributed by atoms with Crippen LogP contribution in [0.1, 0.15) is 23.2 Å². The third-order valence-electron chi connectivity index (χ3n) is 3.03. The molecule has 0 aliphatic heterocycles. The average Bonchev–Trinajstić information content (AvgIpc) is 3.27. The Morgan fingerprint density at radius 3 is 2.57 bits per heavy atom. The Balaban J connectivity index is 1.75. The third-order valence-corrected chi connectivity index (χ3v) is 3.53. The van der Waals surface area contributed by atoms with Crippen LogP contribution in [0, 0.1) is 0 Å². The van der Waals surface area contributed by atoms with Gasteiger partial charge in [0.05, 0.1) is 6.20 Å². The number of hydrogen-bond donors (Lipinski definition) is 2. The number of halogens is 2. The van der Waals surface area contributed by atoms with Crippen molar-refractivity contribution in [2.45, 2.75) is 18.9 Å². The van der Waals surface area contributed by atoms with Crippen LogP contribution in [0.25, 0.3) is 0 Å². The number of carbonyl (C=O) groups is 1. The molecule has 2 aromatic rings. The Morgan fingerprint density at radius 1 is 1.24 bits per heavy atom.